The Hall–Kier alpha value is -2.37. The molecule has 1 unspecified atom stereocenters. The summed E-state index contributed by atoms with van der Waals surface area (Å²) in [5.74, 6) is -1.93. The van der Waals surface area contributed by atoms with Gasteiger partial charge in [-0.05, 0) is 43.5 Å². The Morgan fingerprint density at radius 2 is 1.87 bits per heavy atom. The minimum Gasteiger partial charge on any atom is -0.480 e. The average Bonchev–Trinajstić information content (AvgIpc) is 2.51. The minimum atomic E-state index is -1.06. The summed E-state index contributed by atoms with van der Waals surface area (Å²) in [6, 6.07) is 4.37. The highest BCUT2D eigenvalue weighted by atomic mass is 16.4. The lowest BCUT2D eigenvalue weighted by Crippen LogP contribution is -2.45. The molecule has 0 bridgehead atoms. The smallest absolute Gasteiger partial charge is 0.326 e. The molecule has 0 spiro atoms. The molecule has 0 aliphatic carbocycles. The van der Waals surface area contributed by atoms with Crippen molar-refractivity contribution in [1.29, 1.82) is 0 Å². The van der Waals surface area contributed by atoms with Gasteiger partial charge in [0, 0.05) is 5.56 Å². The molecule has 0 saturated carbocycles. The van der Waals surface area contributed by atoms with Gasteiger partial charge in [-0.25, -0.2) is 4.79 Å². The van der Waals surface area contributed by atoms with Crippen LogP contribution in [0.15, 0.2) is 18.2 Å². The fraction of sp³-hybridized carbons (Fsp3) is 0.471. The Balaban J connectivity index is 2.52. The molecule has 6 heteroatoms. The summed E-state index contributed by atoms with van der Waals surface area (Å²) < 4.78 is 0. The number of nitrogens with one attached hydrogen (secondary N) is 2. The van der Waals surface area contributed by atoms with E-state index < -0.39 is 17.9 Å². The van der Waals surface area contributed by atoms with E-state index in [1.54, 1.807) is 12.1 Å². The molecule has 0 heterocycles. The standard InChI is InChI=1S/C17H24N2O4/c1-4-5-6-14(17(22)23)19-15(20)10-18-16(21)13-8-7-11(2)12(3)9-13/h7-9,14H,4-6,10H2,1-3H3,(H,18,21)(H,19,20)(H,22,23). The molecule has 0 aromatic heterocycles. The van der Waals surface area contributed by atoms with Crippen molar-refractivity contribution in [3.63, 3.8) is 0 Å². The van der Waals surface area contributed by atoms with Crippen LogP contribution in [0, 0.1) is 13.8 Å². The number of benzene rings is 1. The van der Waals surface area contributed by atoms with Crippen molar-refractivity contribution in [3.8, 4) is 0 Å². The third kappa shape index (κ3) is 6.10. The second-order valence-electron chi connectivity index (χ2n) is 5.58. The highest BCUT2D eigenvalue weighted by Crippen LogP contribution is 2.09. The van der Waals surface area contributed by atoms with Crippen LogP contribution in [-0.2, 0) is 9.59 Å². The summed E-state index contributed by atoms with van der Waals surface area (Å²) in [6.45, 7) is 5.56. The number of carbonyl (C=O) groups excluding carboxylic acids is 2. The molecule has 6 nitrogen and oxygen atoms in total. The summed E-state index contributed by atoms with van der Waals surface area (Å²) in [6.07, 6.45) is 1.94. The van der Waals surface area contributed by atoms with Gasteiger partial charge < -0.3 is 15.7 Å². The quantitative estimate of drug-likeness (QED) is 0.680. The normalized spacial score (nSPS) is 11.6. The SMILES string of the molecule is CCCCC(NC(=O)CNC(=O)c1ccc(C)c(C)c1)C(=O)O. The van der Waals surface area contributed by atoms with Crippen LogP contribution in [0.5, 0.6) is 0 Å². The van der Waals surface area contributed by atoms with Gasteiger partial charge >= 0.3 is 5.97 Å². The van der Waals surface area contributed by atoms with Crippen LogP contribution in [0.3, 0.4) is 0 Å². The number of aliphatic carboxylic acids is 1. The van der Waals surface area contributed by atoms with Crippen LogP contribution in [0.1, 0.15) is 47.7 Å². The molecule has 0 fully saturated rings. The largest absolute Gasteiger partial charge is 0.480 e. The van der Waals surface area contributed by atoms with E-state index in [0.717, 1.165) is 17.5 Å². The topological polar surface area (TPSA) is 95.5 Å². The third-order valence-electron chi connectivity index (χ3n) is 3.66. The molecule has 1 aromatic rings. The molecule has 1 aromatic carbocycles. The molecule has 3 N–H and O–H groups in total. The van der Waals surface area contributed by atoms with E-state index in [0.29, 0.717) is 18.4 Å². The van der Waals surface area contributed by atoms with Crippen LogP contribution in [0.4, 0.5) is 0 Å². The molecule has 1 rings (SSSR count). The lowest BCUT2D eigenvalue weighted by molar-refractivity contribution is -0.141. The molecule has 0 aliphatic heterocycles. The number of aryl methyl sites for hydroxylation is 2. The van der Waals surface area contributed by atoms with Gasteiger partial charge in [0.2, 0.25) is 5.91 Å². The first-order valence-electron chi connectivity index (χ1n) is 7.72. The van der Waals surface area contributed by atoms with Crippen molar-refractivity contribution in [3.05, 3.63) is 34.9 Å². The Morgan fingerprint density at radius 3 is 2.43 bits per heavy atom. The van der Waals surface area contributed by atoms with Gasteiger partial charge in [-0.1, -0.05) is 25.8 Å². The number of hydrogen-bond acceptors (Lipinski definition) is 3. The maximum absolute atomic E-state index is 12.0. The molecule has 1 atom stereocenters. The highest BCUT2D eigenvalue weighted by molar-refractivity contribution is 5.97. The van der Waals surface area contributed by atoms with Crippen LogP contribution in [-0.4, -0.2) is 35.5 Å². The summed E-state index contributed by atoms with van der Waals surface area (Å²) in [4.78, 5) is 34.9. The molecular formula is C17H24N2O4. The van der Waals surface area contributed by atoms with Gasteiger partial charge in [-0.3, -0.25) is 9.59 Å². The van der Waals surface area contributed by atoms with E-state index >= 15 is 0 Å². The summed E-state index contributed by atoms with van der Waals surface area (Å²) in [5, 5.41) is 14.0. The first-order chi connectivity index (χ1) is 10.8. The molecule has 2 amide bonds. The van der Waals surface area contributed by atoms with E-state index in [1.165, 1.54) is 0 Å². The maximum atomic E-state index is 12.0. The third-order valence-corrected chi connectivity index (χ3v) is 3.66. The van der Waals surface area contributed by atoms with Crippen LogP contribution in [0.25, 0.3) is 0 Å². The van der Waals surface area contributed by atoms with E-state index in [1.807, 2.05) is 26.8 Å². The molecule has 23 heavy (non-hydrogen) atoms. The Labute approximate surface area is 136 Å². The zero-order chi connectivity index (χ0) is 17.4. The maximum Gasteiger partial charge on any atom is 0.326 e. The summed E-state index contributed by atoms with van der Waals surface area (Å²) >= 11 is 0. The monoisotopic (exact) mass is 320 g/mol. The lowest BCUT2D eigenvalue weighted by atomic mass is 10.1. The van der Waals surface area contributed by atoms with Gasteiger partial charge in [-0.15, -0.1) is 0 Å². The molecule has 0 saturated heterocycles. The number of rotatable bonds is 8. The van der Waals surface area contributed by atoms with Gasteiger partial charge in [0.05, 0.1) is 6.54 Å². The van der Waals surface area contributed by atoms with Crippen molar-refractivity contribution in [2.24, 2.45) is 0 Å². The minimum absolute atomic E-state index is 0.248. The zero-order valence-electron chi connectivity index (χ0n) is 13.8. The number of amides is 2. The average molecular weight is 320 g/mol. The van der Waals surface area contributed by atoms with Crippen molar-refractivity contribution in [1.82, 2.24) is 10.6 Å². The molecule has 0 radical (unpaired) electrons. The van der Waals surface area contributed by atoms with E-state index in [-0.39, 0.29) is 12.5 Å². The summed E-state index contributed by atoms with van der Waals surface area (Å²) in [5.41, 5.74) is 2.55. The second kappa shape index (κ2) is 8.92. The predicted molar refractivity (Wildman–Crippen MR) is 87.3 cm³/mol. The van der Waals surface area contributed by atoms with Crippen molar-refractivity contribution in [2.45, 2.75) is 46.1 Å². The lowest BCUT2D eigenvalue weighted by Gasteiger charge is -2.14. The van der Waals surface area contributed by atoms with E-state index in [2.05, 4.69) is 10.6 Å². The van der Waals surface area contributed by atoms with Crippen LogP contribution in [0.2, 0.25) is 0 Å². The Morgan fingerprint density at radius 1 is 1.17 bits per heavy atom. The number of unbranched alkanes of at least 4 members (excludes halogenated alkanes) is 1. The highest BCUT2D eigenvalue weighted by Gasteiger charge is 2.19. The van der Waals surface area contributed by atoms with Crippen molar-refractivity contribution >= 4 is 17.8 Å². The fourth-order valence-corrected chi connectivity index (χ4v) is 2.06. The molecule has 126 valence electrons. The zero-order valence-corrected chi connectivity index (χ0v) is 13.8. The van der Waals surface area contributed by atoms with Crippen LogP contribution < -0.4 is 10.6 Å². The van der Waals surface area contributed by atoms with Crippen molar-refractivity contribution < 1.29 is 19.5 Å². The van der Waals surface area contributed by atoms with E-state index in [4.69, 9.17) is 5.11 Å². The van der Waals surface area contributed by atoms with Gasteiger partial charge in [0.25, 0.3) is 5.91 Å². The summed E-state index contributed by atoms with van der Waals surface area (Å²) in [7, 11) is 0. The predicted octanol–water partition coefficient (Wildman–Crippen LogP) is 1.79. The fourth-order valence-electron chi connectivity index (χ4n) is 2.06. The Bertz CT molecular complexity index is 584. The second-order valence-corrected chi connectivity index (χ2v) is 5.58. The number of carboxylic acid groups (broad SMARTS) is 1. The Kier molecular flexibility index (Phi) is 7.25. The molecular weight excluding hydrogens is 296 g/mol. The molecule has 0 aliphatic rings. The first-order valence-corrected chi connectivity index (χ1v) is 7.72. The van der Waals surface area contributed by atoms with Gasteiger partial charge in [-0.2, -0.15) is 0 Å². The van der Waals surface area contributed by atoms with E-state index in [9.17, 15) is 14.4 Å². The first kappa shape index (κ1) is 18.7. The van der Waals surface area contributed by atoms with Gasteiger partial charge in [0.15, 0.2) is 0 Å². The number of hydrogen-bond donors (Lipinski definition) is 3. The number of carboxylic acids is 1. The number of carbonyl (C=O) groups is 3. The van der Waals surface area contributed by atoms with Gasteiger partial charge in [0.1, 0.15) is 6.04 Å². The van der Waals surface area contributed by atoms with Crippen molar-refractivity contribution in [2.75, 3.05) is 6.54 Å². The van der Waals surface area contributed by atoms with Crippen LogP contribution >= 0.6 is 0 Å².